The number of imide groups is 1. The largest absolute Gasteiger partial charge is 0.338 e. The lowest BCUT2D eigenvalue weighted by Gasteiger charge is -2.35. The number of nitrogens with one attached hydrogen (secondary N) is 2. The molecule has 4 amide bonds. The first-order valence-electron chi connectivity index (χ1n) is 8.97. The van der Waals surface area contributed by atoms with Gasteiger partial charge in [0.05, 0.1) is 11.6 Å². The van der Waals surface area contributed by atoms with Crippen LogP contribution in [0.2, 0.25) is 0 Å². The summed E-state index contributed by atoms with van der Waals surface area (Å²) in [4.78, 5) is 30.4. The number of carbonyl (C=O) groups is 2. The summed E-state index contributed by atoms with van der Waals surface area (Å²) in [7, 11) is 0. The van der Waals surface area contributed by atoms with Crippen LogP contribution in [0.15, 0.2) is 54.0 Å². The molecule has 0 fully saturated rings. The lowest BCUT2D eigenvalue weighted by atomic mass is 9.92. The molecule has 7 nitrogen and oxygen atoms in total. The number of carbonyl (C=O) groups excluding carboxylic acids is 2. The highest BCUT2D eigenvalue weighted by Crippen LogP contribution is 2.35. The summed E-state index contributed by atoms with van der Waals surface area (Å²) in [5.41, 5.74) is 4.36. The number of nitrogens with zero attached hydrogens (tertiary/aromatic N) is 3. The lowest BCUT2D eigenvalue weighted by Crippen LogP contribution is -2.53. The van der Waals surface area contributed by atoms with E-state index in [-0.39, 0.29) is 0 Å². The van der Waals surface area contributed by atoms with Crippen molar-refractivity contribution in [3.63, 3.8) is 0 Å². The van der Waals surface area contributed by atoms with E-state index in [9.17, 15) is 14.9 Å². The minimum atomic E-state index is -0.803. The maximum atomic E-state index is 12.6. The van der Waals surface area contributed by atoms with Crippen LogP contribution >= 0.6 is 0 Å². The van der Waals surface area contributed by atoms with Crippen LogP contribution in [0, 0.1) is 18.3 Å². The molecule has 2 heterocycles. The normalized spacial score (nSPS) is 16.4. The van der Waals surface area contributed by atoms with Gasteiger partial charge in [0.15, 0.2) is 0 Å². The minimum Gasteiger partial charge on any atom is -0.338 e. The van der Waals surface area contributed by atoms with Gasteiger partial charge >= 0.3 is 12.1 Å². The third-order valence-electron chi connectivity index (χ3n) is 4.67. The Morgan fingerprint density at radius 3 is 2.82 bits per heavy atom. The van der Waals surface area contributed by atoms with Gasteiger partial charge in [0.2, 0.25) is 0 Å². The van der Waals surface area contributed by atoms with Crippen LogP contribution in [0.25, 0.3) is 11.1 Å². The van der Waals surface area contributed by atoms with E-state index >= 15 is 0 Å². The molecule has 7 heteroatoms. The summed E-state index contributed by atoms with van der Waals surface area (Å²) in [6, 6.07) is 9.66. The second-order valence-electron chi connectivity index (χ2n) is 6.50. The molecule has 0 spiro atoms. The average molecular weight is 375 g/mol. The Morgan fingerprint density at radius 2 is 2.14 bits per heavy atom. The van der Waals surface area contributed by atoms with Gasteiger partial charge in [-0.2, -0.15) is 5.26 Å². The van der Waals surface area contributed by atoms with Gasteiger partial charge in [-0.15, -0.1) is 0 Å². The summed E-state index contributed by atoms with van der Waals surface area (Å²) < 4.78 is 0. The molecule has 1 atom stereocenters. The van der Waals surface area contributed by atoms with Crippen LogP contribution in [-0.2, 0) is 0 Å². The van der Waals surface area contributed by atoms with E-state index in [2.05, 4.69) is 21.7 Å². The third kappa shape index (κ3) is 3.45. The van der Waals surface area contributed by atoms with Crippen molar-refractivity contribution in [3.05, 3.63) is 65.1 Å². The summed E-state index contributed by atoms with van der Waals surface area (Å²) >= 11 is 0. The summed E-state index contributed by atoms with van der Waals surface area (Å²) in [6.07, 6.45) is 3.50. The SMILES string of the molecule is CCNC(=O)N1C(=O)NC(C)=C(C#N)C1c1cccc(-c2cnccc2C)c1. The van der Waals surface area contributed by atoms with Crippen molar-refractivity contribution in [2.75, 3.05) is 6.54 Å². The Hall–Kier alpha value is -3.66. The van der Waals surface area contributed by atoms with Crippen molar-refractivity contribution in [2.24, 2.45) is 0 Å². The number of hydrogen-bond donors (Lipinski definition) is 2. The van der Waals surface area contributed by atoms with E-state index in [1.807, 2.05) is 37.3 Å². The molecule has 1 aliphatic rings. The molecular weight excluding hydrogens is 354 g/mol. The first-order valence-corrected chi connectivity index (χ1v) is 8.97. The van der Waals surface area contributed by atoms with Gasteiger partial charge in [-0.1, -0.05) is 18.2 Å². The van der Waals surface area contributed by atoms with Gasteiger partial charge in [-0.05, 0) is 49.6 Å². The number of hydrogen-bond acceptors (Lipinski definition) is 4. The molecule has 2 aromatic rings. The van der Waals surface area contributed by atoms with Crippen LogP contribution in [-0.4, -0.2) is 28.5 Å². The van der Waals surface area contributed by atoms with Crippen molar-refractivity contribution in [1.29, 1.82) is 5.26 Å². The predicted octanol–water partition coefficient (Wildman–Crippen LogP) is 3.65. The highest BCUT2D eigenvalue weighted by molar-refractivity contribution is 5.96. The van der Waals surface area contributed by atoms with Gasteiger partial charge in [0, 0.05) is 30.2 Å². The van der Waals surface area contributed by atoms with Crippen LogP contribution in [0.5, 0.6) is 0 Å². The first kappa shape index (κ1) is 19.1. The predicted molar refractivity (Wildman–Crippen MR) is 105 cm³/mol. The van der Waals surface area contributed by atoms with E-state index in [0.717, 1.165) is 21.6 Å². The topological polar surface area (TPSA) is 98.1 Å². The maximum absolute atomic E-state index is 12.6. The molecule has 1 aromatic heterocycles. The number of pyridine rings is 1. The molecule has 1 unspecified atom stereocenters. The fraction of sp³-hybridized carbons (Fsp3) is 0.238. The van der Waals surface area contributed by atoms with Gasteiger partial charge in [-0.25, -0.2) is 14.5 Å². The Balaban J connectivity index is 2.15. The summed E-state index contributed by atoms with van der Waals surface area (Å²) in [6.45, 7) is 5.79. The van der Waals surface area contributed by atoms with Crippen molar-refractivity contribution >= 4 is 12.1 Å². The zero-order valence-corrected chi connectivity index (χ0v) is 16.0. The zero-order chi connectivity index (χ0) is 20.3. The van der Waals surface area contributed by atoms with Crippen molar-refractivity contribution in [1.82, 2.24) is 20.5 Å². The Bertz CT molecular complexity index is 1010. The number of allylic oxidation sites excluding steroid dienone is 1. The van der Waals surface area contributed by atoms with E-state index in [1.165, 1.54) is 0 Å². The van der Waals surface area contributed by atoms with E-state index in [1.54, 1.807) is 26.2 Å². The Morgan fingerprint density at radius 1 is 1.36 bits per heavy atom. The van der Waals surface area contributed by atoms with E-state index in [0.29, 0.717) is 23.4 Å². The lowest BCUT2D eigenvalue weighted by molar-refractivity contribution is 0.173. The van der Waals surface area contributed by atoms with Crippen molar-refractivity contribution in [3.8, 4) is 17.2 Å². The highest BCUT2D eigenvalue weighted by Gasteiger charge is 2.38. The number of aromatic nitrogens is 1. The van der Waals surface area contributed by atoms with Crippen molar-refractivity contribution < 1.29 is 9.59 Å². The average Bonchev–Trinajstić information content (AvgIpc) is 2.68. The first-order chi connectivity index (χ1) is 13.5. The quantitative estimate of drug-likeness (QED) is 0.855. The molecular formula is C21H21N5O2. The number of amides is 4. The molecule has 2 N–H and O–H groups in total. The van der Waals surface area contributed by atoms with Crippen LogP contribution in [0.4, 0.5) is 9.59 Å². The summed E-state index contributed by atoms with van der Waals surface area (Å²) in [5.74, 6) is 0. The molecule has 142 valence electrons. The Kier molecular flexibility index (Phi) is 5.41. The molecule has 0 radical (unpaired) electrons. The summed E-state index contributed by atoms with van der Waals surface area (Å²) in [5, 5.41) is 15.0. The van der Waals surface area contributed by atoms with Crippen LogP contribution in [0.1, 0.15) is 31.0 Å². The molecule has 1 aromatic carbocycles. The van der Waals surface area contributed by atoms with Crippen molar-refractivity contribution in [2.45, 2.75) is 26.8 Å². The van der Waals surface area contributed by atoms with Gasteiger partial charge in [0.1, 0.15) is 6.04 Å². The molecule has 0 saturated carbocycles. The van der Waals surface area contributed by atoms with Gasteiger partial charge < -0.3 is 10.6 Å². The molecule has 0 bridgehead atoms. The number of aryl methyl sites for hydroxylation is 1. The standard InChI is InChI=1S/C21H21N5O2/c1-4-24-20(27)26-19(17(11-22)14(3)25-21(26)28)16-7-5-6-15(10-16)18-12-23-9-8-13(18)2/h5-10,12,19H,4H2,1-3H3,(H,24,27)(H,25,28). The smallest absolute Gasteiger partial charge is 0.330 e. The molecule has 0 aliphatic carbocycles. The van der Waals surface area contributed by atoms with Gasteiger partial charge in [0.25, 0.3) is 0 Å². The minimum absolute atomic E-state index is 0.325. The Labute approximate surface area is 163 Å². The maximum Gasteiger partial charge on any atom is 0.330 e. The van der Waals surface area contributed by atoms with Gasteiger partial charge in [-0.3, -0.25) is 4.98 Å². The monoisotopic (exact) mass is 375 g/mol. The third-order valence-corrected chi connectivity index (χ3v) is 4.67. The molecule has 1 aliphatic heterocycles. The number of nitriles is 1. The van der Waals surface area contributed by atoms with Crippen LogP contribution < -0.4 is 10.6 Å². The highest BCUT2D eigenvalue weighted by atomic mass is 16.2. The van der Waals surface area contributed by atoms with E-state index in [4.69, 9.17) is 0 Å². The fourth-order valence-corrected chi connectivity index (χ4v) is 3.29. The fourth-order valence-electron chi connectivity index (χ4n) is 3.29. The molecule has 3 rings (SSSR count). The molecule has 28 heavy (non-hydrogen) atoms. The second kappa shape index (κ2) is 7.92. The number of rotatable bonds is 3. The number of benzene rings is 1. The second-order valence-corrected chi connectivity index (χ2v) is 6.50. The van der Waals surface area contributed by atoms with E-state index < -0.39 is 18.1 Å². The zero-order valence-electron chi connectivity index (χ0n) is 16.0. The molecule has 0 saturated heterocycles. The van der Waals surface area contributed by atoms with Crippen LogP contribution in [0.3, 0.4) is 0 Å². The number of urea groups is 2.